The molecule has 0 fully saturated rings. The van der Waals surface area contributed by atoms with Gasteiger partial charge in [0, 0.05) is 11.1 Å². The van der Waals surface area contributed by atoms with Crippen molar-refractivity contribution in [1.82, 2.24) is 4.57 Å². The SMILES string of the molecule is CCCC1=[C-]CC=C1.Cc1cc2ccccc2n1-c1cc2ccccc2[cH-]1.[Cl-].[Cl-].[Hf+4]. The number of benzene rings is 2. The molecule has 0 aliphatic heterocycles. The molecule has 0 N–H and O–H groups in total. The number of aryl methyl sites for hydroxylation is 1. The molecule has 1 aliphatic carbocycles. The summed E-state index contributed by atoms with van der Waals surface area (Å²) in [5, 5.41) is 3.90. The third kappa shape index (κ3) is 5.81. The fourth-order valence-corrected chi connectivity index (χ4v) is 3.79. The van der Waals surface area contributed by atoms with Crippen molar-refractivity contribution in [1.29, 1.82) is 0 Å². The van der Waals surface area contributed by atoms with Crippen molar-refractivity contribution in [2.24, 2.45) is 0 Å². The quantitative estimate of drug-likeness (QED) is 0.247. The summed E-state index contributed by atoms with van der Waals surface area (Å²) >= 11 is 0. The van der Waals surface area contributed by atoms with E-state index in [1.54, 1.807) is 0 Å². The van der Waals surface area contributed by atoms with Crippen molar-refractivity contribution in [3.63, 3.8) is 0 Å². The van der Waals surface area contributed by atoms with Crippen LogP contribution in [0.5, 0.6) is 0 Å². The fraction of sp³-hybridized carbons (Fsp3) is 0.192. The Morgan fingerprint density at radius 2 is 1.67 bits per heavy atom. The Morgan fingerprint density at radius 3 is 2.33 bits per heavy atom. The number of halogens is 2. The molecule has 0 unspecified atom stereocenters. The Labute approximate surface area is 210 Å². The van der Waals surface area contributed by atoms with Crippen LogP contribution >= 0.6 is 0 Å². The van der Waals surface area contributed by atoms with E-state index >= 15 is 0 Å². The van der Waals surface area contributed by atoms with Crippen LogP contribution in [-0.4, -0.2) is 4.57 Å². The van der Waals surface area contributed by atoms with Gasteiger partial charge < -0.3 is 29.4 Å². The van der Waals surface area contributed by atoms with E-state index in [1.165, 1.54) is 51.5 Å². The van der Waals surface area contributed by atoms with Crippen molar-refractivity contribution >= 4 is 21.7 Å². The summed E-state index contributed by atoms with van der Waals surface area (Å²) in [5.41, 5.74) is 5.19. The standard InChI is InChI=1S/C18H14N.C8H11.2ClH.Hf/c1-13-10-16-8-4-5-9-18(16)19(13)17-11-14-6-2-3-7-15(14)12-17;1-2-5-8-6-3-4-7-8;;;/h2-12H,1H3;3,6H,2,4-5H2,1H3;2*1H;/q2*-1;;;+4/p-2. The predicted octanol–water partition coefficient (Wildman–Crippen LogP) is 1.29. The molecule has 0 saturated carbocycles. The summed E-state index contributed by atoms with van der Waals surface area (Å²) in [7, 11) is 0. The molecule has 1 nitrogen and oxygen atoms in total. The molecule has 0 atom stereocenters. The molecule has 30 heavy (non-hydrogen) atoms. The molecule has 1 aromatic heterocycles. The molecule has 0 bridgehead atoms. The van der Waals surface area contributed by atoms with E-state index in [2.05, 4.69) is 103 Å². The molecular weight excluding hydrogens is 576 g/mol. The second-order valence-corrected chi connectivity index (χ2v) is 7.08. The van der Waals surface area contributed by atoms with Gasteiger partial charge in [0.15, 0.2) is 0 Å². The zero-order chi connectivity index (χ0) is 18.6. The molecule has 4 heteroatoms. The number of hydrogen-bond donors (Lipinski definition) is 0. The largest absolute Gasteiger partial charge is 4.00 e. The van der Waals surface area contributed by atoms with E-state index in [1.807, 2.05) is 0 Å². The number of para-hydroxylation sites is 1. The fourth-order valence-electron chi connectivity index (χ4n) is 3.79. The third-order valence-corrected chi connectivity index (χ3v) is 5.04. The van der Waals surface area contributed by atoms with Gasteiger partial charge in [-0.15, -0.1) is 47.5 Å². The van der Waals surface area contributed by atoms with Gasteiger partial charge in [-0.1, -0.05) is 44.0 Å². The number of hydrogen-bond acceptors (Lipinski definition) is 0. The monoisotopic (exact) mass is 601 g/mol. The molecule has 0 amide bonds. The summed E-state index contributed by atoms with van der Waals surface area (Å²) in [6.07, 6.45) is 11.1. The maximum absolute atomic E-state index is 3.26. The molecule has 0 radical (unpaired) electrons. The number of fused-ring (bicyclic) bond motifs is 2. The maximum atomic E-state index is 3.26. The van der Waals surface area contributed by atoms with Crippen LogP contribution in [0.2, 0.25) is 0 Å². The van der Waals surface area contributed by atoms with Crippen molar-refractivity contribution in [3.05, 3.63) is 96.2 Å². The molecule has 152 valence electrons. The molecule has 3 aromatic carbocycles. The predicted molar refractivity (Wildman–Crippen MR) is 117 cm³/mol. The molecule has 0 spiro atoms. The van der Waals surface area contributed by atoms with E-state index in [0.29, 0.717) is 0 Å². The van der Waals surface area contributed by atoms with Crippen LogP contribution in [0.1, 0.15) is 31.9 Å². The zero-order valence-corrected chi connectivity index (χ0v) is 22.4. The minimum absolute atomic E-state index is 0. The third-order valence-electron chi connectivity index (χ3n) is 5.04. The van der Waals surface area contributed by atoms with Crippen LogP contribution in [0, 0.1) is 13.0 Å². The normalized spacial score (nSPS) is 11.7. The Balaban J connectivity index is 0.000000355. The van der Waals surface area contributed by atoms with Gasteiger partial charge in [-0.3, -0.25) is 6.08 Å². The number of nitrogens with zero attached hydrogens (tertiary/aromatic N) is 1. The first-order valence-electron chi connectivity index (χ1n) is 9.75. The van der Waals surface area contributed by atoms with Gasteiger partial charge in [0.05, 0.1) is 5.52 Å². The number of allylic oxidation sites excluding steroid dienone is 4. The van der Waals surface area contributed by atoms with Crippen molar-refractivity contribution in [2.75, 3.05) is 0 Å². The van der Waals surface area contributed by atoms with E-state index in [-0.39, 0.29) is 50.7 Å². The van der Waals surface area contributed by atoms with Gasteiger partial charge in [0.25, 0.3) is 0 Å². The summed E-state index contributed by atoms with van der Waals surface area (Å²) in [6, 6.07) is 23.8. The summed E-state index contributed by atoms with van der Waals surface area (Å²) in [4.78, 5) is 0. The van der Waals surface area contributed by atoms with E-state index in [4.69, 9.17) is 0 Å². The second kappa shape index (κ2) is 12.4. The van der Waals surface area contributed by atoms with Crippen LogP contribution in [0.25, 0.3) is 27.4 Å². The Hall–Kier alpha value is -1.48. The molecule has 4 aromatic rings. The summed E-state index contributed by atoms with van der Waals surface area (Å²) in [5.74, 6) is 0. The Bertz CT molecular complexity index is 1100. The van der Waals surface area contributed by atoms with Gasteiger partial charge in [0.1, 0.15) is 0 Å². The van der Waals surface area contributed by atoms with Gasteiger partial charge in [-0.05, 0) is 24.7 Å². The van der Waals surface area contributed by atoms with Gasteiger partial charge in [-0.2, -0.15) is 6.08 Å². The first-order valence-corrected chi connectivity index (χ1v) is 9.75. The summed E-state index contributed by atoms with van der Waals surface area (Å²) < 4.78 is 2.33. The van der Waals surface area contributed by atoms with Crippen LogP contribution < -0.4 is 24.8 Å². The molecule has 1 aliphatic rings. The average molecular weight is 601 g/mol. The second-order valence-electron chi connectivity index (χ2n) is 7.08. The molecular formula is C26H25Cl2HfN. The van der Waals surface area contributed by atoms with Crippen LogP contribution in [0.3, 0.4) is 0 Å². The minimum Gasteiger partial charge on any atom is -1.00 e. The Morgan fingerprint density at radius 1 is 0.967 bits per heavy atom. The maximum Gasteiger partial charge on any atom is 4.00 e. The zero-order valence-electron chi connectivity index (χ0n) is 17.3. The number of aromatic nitrogens is 1. The van der Waals surface area contributed by atoms with Gasteiger partial charge in [0.2, 0.25) is 0 Å². The average Bonchev–Trinajstić information content (AvgIpc) is 3.39. The van der Waals surface area contributed by atoms with Crippen LogP contribution in [0.15, 0.2) is 84.5 Å². The van der Waals surface area contributed by atoms with Crippen molar-refractivity contribution in [3.8, 4) is 5.69 Å². The van der Waals surface area contributed by atoms with Gasteiger partial charge in [-0.25, -0.2) is 11.6 Å². The smallest absolute Gasteiger partial charge is 1.00 e. The van der Waals surface area contributed by atoms with E-state index in [9.17, 15) is 0 Å². The topological polar surface area (TPSA) is 4.93 Å². The summed E-state index contributed by atoms with van der Waals surface area (Å²) in [6.45, 7) is 4.36. The minimum atomic E-state index is 0. The van der Waals surface area contributed by atoms with E-state index in [0.717, 1.165) is 6.42 Å². The van der Waals surface area contributed by atoms with Crippen molar-refractivity contribution < 1.29 is 50.7 Å². The van der Waals surface area contributed by atoms with Crippen molar-refractivity contribution in [2.45, 2.75) is 33.1 Å². The van der Waals surface area contributed by atoms with E-state index < -0.39 is 0 Å². The molecule has 1 heterocycles. The Kier molecular flexibility index (Phi) is 11.0. The number of rotatable bonds is 3. The molecule has 0 saturated heterocycles. The van der Waals surface area contributed by atoms with Gasteiger partial charge >= 0.3 is 25.8 Å². The van der Waals surface area contributed by atoms with Crippen LogP contribution in [0.4, 0.5) is 0 Å². The molecule has 5 rings (SSSR count). The first kappa shape index (κ1) is 26.6. The van der Waals surface area contributed by atoms with Crippen LogP contribution in [-0.2, 0) is 25.8 Å². The first-order chi connectivity index (χ1) is 13.3.